The summed E-state index contributed by atoms with van der Waals surface area (Å²) >= 11 is 0. The third kappa shape index (κ3) is 5.00. The number of aromatic nitrogens is 2. The summed E-state index contributed by atoms with van der Waals surface area (Å²) in [6, 6.07) is 8.31. The fourth-order valence-electron chi connectivity index (χ4n) is 3.36. The van der Waals surface area contributed by atoms with Crippen molar-refractivity contribution in [1.82, 2.24) is 13.9 Å². The van der Waals surface area contributed by atoms with Gasteiger partial charge in [-0.25, -0.2) is 22.5 Å². The second-order valence-corrected chi connectivity index (χ2v) is 9.58. The van der Waals surface area contributed by atoms with Crippen molar-refractivity contribution in [1.29, 1.82) is 0 Å². The number of non-ortho nitro benzene ring substituents is 1. The lowest BCUT2D eigenvalue weighted by atomic mass is 10.1. The van der Waals surface area contributed by atoms with Crippen LogP contribution in [0.3, 0.4) is 0 Å². The zero-order valence-electron chi connectivity index (χ0n) is 18.9. The van der Waals surface area contributed by atoms with E-state index >= 15 is 0 Å². The maximum absolute atomic E-state index is 12.8. The van der Waals surface area contributed by atoms with Crippen molar-refractivity contribution in [2.45, 2.75) is 25.0 Å². The highest BCUT2D eigenvalue weighted by Crippen LogP contribution is 2.25. The molecule has 13 heteroatoms. The van der Waals surface area contributed by atoms with E-state index in [1.54, 1.807) is 10.6 Å². The summed E-state index contributed by atoms with van der Waals surface area (Å²) in [5.41, 5.74) is 1.05. The lowest BCUT2D eigenvalue weighted by Gasteiger charge is -2.12. The quantitative estimate of drug-likeness (QED) is 0.246. The van der Waals surface area contributed by atoms with Crippen molar-refractivity contribution in [2.75, 3.05) is 32.6 Å². The minimum atomic E-state index is -3.65. The molecule has 0 unspecified atom stereocenters. The molecule has 1 aromatic heterocycles. The third-order valence-electron chi connectivity index (χ3n) is 5.09. The number of hydrogen-bond donors (Lipinski definition) is 2. The monoisotopic (exact) mass is 491 g/mol. The molecule has 0 saturated heterocycles. The first-order valence-corrected chi connectivity index (χ1v) is 11.8. The molecule has 0 atom stereocenters. The number of nitrogens with one attached hydrogen (secondary N) is 1. The SMILES string of the molecule is CCn1c(COC(=O)c2cc([N+](=O)[O-])ccc2NCCO)nc2cc(S(=O)(=O)N(C)C)ccc21. The number of anilines is 1. The number of nitro groups is 1. The molecule has 0 radical (unpaired) electrons. The van der Waals surface area contributed by atoms with Gasteiger partial charge in [0.1, 0.15) is 12.4 Å². The van der Waals surface area contributed by atoms with E-state index in [1.807, 2.05) is 6.92 Å². The lowest BCUT2D eigenvalue weighted by Crippen LogP contribution is -2.22. The number of carbonyl (C=O) groups excluding carboxylic acids is 1. The Morgan fingerprint density at radius 2 is 2.00 bits per heavy atom. The van der Waals surface area contributed by atoms with Gasteiger partial charge in [0.05, 0.1) is 33.0 Å². The van der Waals surface area contributed by atoms with Gasteiger partial charge in [0.25, 0.3) is 5.69 Å². The standard InChI is InChI=1S/C21H25N5O7S/c1-4-25-19-8-6-15(34(31,32)24(2)3)12-18(19)23-20(25)13-33-21(28)16-11-14(26(29)30)5-7-17(16)22-9-10-27/h5-8,11-12,22,27H,4,9-10,13H2,1-3H3. The zero-order chi connectivity index (χ0) is 25.0. The highest BCUT2D eigenvalue weighted by Gasteiger charge is 2.21. The van der Waals surface area contributed by atoms with Gasteiger partial charge in [-0.1, -0.05) is 0 Å². The number of hydrogen-bond acceptors (Lipinski definition) is 9. The van der Waals surface area contributed by atoms with E-state index in [2.05, 4.69) is 10.3 Å². The second-order valence-electron chi connectivity index (χ2n) is 7.42. The largest absolute Gasteiger partial charge is 0.454 e. The van der Waals surface area contributed by atoms with Crippen LogP contribution in [0.2, 0.25) is 0 Å². The van der Waals surface area contributed by atoms with Crippen LogP contribution in [0.5, 0.6) is 0 Å². The fourth-order valence-corrected chi connectivity index (χ4v) is 4.28. The van der Waals surface area contributed by atoms with Crippen molar-refractivity contribution in [2.24, 2.45) is 0 Å². The number of aliphatic hydroxyl groups is 1. The van der Waals surface area contributed by atoms with Gasteiger partial charge >= 0.3 is 5.97 Å². The number of ether oxygens (including phenoxy) is 1. The van der Waals surface area contributed by atoms with Gasteiger partial charge in [-0.05, 0) is 31.2 Å². The molecule has 34 heavy (non-hydrogen) atoms. The first-order valence-electron chi connectivity index (χ1n) is 10.3. The van der Waals surface area contributed by atoms with Crippen LogP contribution in [-0.4, -0.2) is 65.5 Å². The highest BCUT2D eigenvalue weighted by molar-refractivity contribution is 7.89. The number of aryl methyl sites for hydroxylation is 1. The molecule has 1 heterocycles. The average Bonchev–Trinajstić information content (AvgIpc) is 3.17. The van der Waals surface area contributed by atoms with Crippen molar-refractivity contribution < 1.29 is 28.0 Å². The normalized spacial score (nSPS) is 11.7. The van der Waals surface area contributed by atoms with Gasteiger partial charge in [-0.3, -0.25) is 10.1 Å². The highest BCUT2D eigenvalue weighted by atomic mass is 32.2. The number of nitro benzene ring substituents is 1. The van der Waals surface area contributed by atoms with Crippen LogP contribution >= 0.6 is 0 Å². The molecule has 0 fully saturated rings. The summed E-state index contributed by atoms with van der Waals surface area (Å²) in [5.74, 6) is -0.421. The molecule has 2 N–H and O–H groups in total. The van der Waals surface area contributed by atoms with Gasteiger partial charge in [0.2, 0.25) is 10.0 Å². The summed E-state index contributed by atoms with van der Waals surface area (Å²) in [6.07, 6.45) is 0. The molecule has 0 aliphatic heterocycles. The van der Waals surface area contributed by atoms with E-state index in [-0.39, 0.29) is 41.6 Å². The van der Waals surface area contributed by atoms with E-state index in [4.69, 9.17) is 9.84 Å². The van der Waals surface area contributed by atoms with Gasteiger partial charge in [0, 0.05) is 45.0 Å². The smallest absolute Gasteiger partial charge is 0.340 e. The van der Waals surface area contributed by atoms with Gasteiger partial charge in [-0.2, -0.15) is 0 Å². The molecule has 3 aromatic rings. The van der Waals surface area contributed by atoms with Crippen LogP contribution in [0, 0.1) is 10.1 Å². The molecule has 182 valence electrons. The minimum absolute atomic E-state index is 0.0545. The molecule has 12 nitrogen and oxygen atoms in total. The van der Waals surface area contributed by atoms with Crippen LogP contribution in [0.4, 0.5) is 11.4 Å². The first-order chi connectivity index (χ1) is 16.1. The molecule has 2 aromatic carbocycles. The maximum atomic E-state index is 12.8. The van der Waals surface area contributed by atoms with E-state index < -0.39 is 20.9 Å². The number of nitrogens with zero attached hydrogens (tertiary/aromatic N) is 4. The molecule has 0 spiro atoms. The molecular formula is C21H25N5O7S. The van der Waals surface area contributed by atoms with Crippen LogP contribution in [0.15, 0.2) is 41.3 Å². The van der Waals surface area contributed by atoms with Gasteiger partial charge in [0.15, 0.2) is 0 Å². The second kappa shape index (κ2) is 10.2. The van der Waals surface area contributed by atoms with Crippen molar-refractivity contribution in [3.8, 4) is 0 Å². The third-order valence-corrected chi connectivity index (χ3v) is 6.90. The number of sulfonamides is 1. The Labute approximate surface area is 196 Å². The average molecular weight is 492 g/mol. The minimum Gasteiger partial charge on any atom is -0.454 e. The summed E-state index contributed by atoms with van der Waals surface area (Å²) in [7, 11) is -0.771. The van der Waals surface area contributed by atoms with E-state index in [1.165, 1.54) is 38.4 Å². The number of aliphatic hydroxyl groups excluding tert-OH is 1. The molecule has 0 bridgehead atoms. The Morgan fingerprint density at radius 1 is 1.26 bits per heavy atom. The Bertz CT molecular complexity index is 1330. The number of fused-ring (bicyclic) bond motifs is 1. The summed E-state index contributed by atoms with van der Waals surface area (Å²) in [6.45, 7) is 2.07. The van der Waals surface area contributed by atoms with E-state index in [0.717, 1.165) is 10.4 Å². The Kier molecular flexibility index (Phi) is 7.49. The molecule has 0 aliphatic carbocycles. The number of rotatable bonds is 10. The van der Waals surface area contributed by atoms with Crippen LogP contribution < -0.4 is 5.32 Å². The van der Waals surface area contributed by atoms with Crippen LogP contribution in [0.1, 0.15) is 23.1 Å². The van der Waals surface area contributed by atoms with Crippen molar-refractivity contribution in [3.63, 3.8) is 0 Å². The first kappa shape index (κ1) is 25.1. The predicted molar refractivity (Wildman–Crippen MR) is 124 cm³/mol. The number of carbonyl (C=O) groups is 1. The molecule has 0 saturated carbocycles. The van der Waals surface area contributed by atoms with Crippen molar-refractivity contribution >= 4 is 38.4 Å². The number of benzene rings is 2. The van der Waals surface area contributed by atoms with E-state index in [0.29, 0.717) is 23.4 Å². The Balaban J connectivity index is 1.91. The zero-order valence-corrected chi connectivity index (χ0v) is 19.7. The molecule has 0 amide bonds. The molecular weight excluding hydrogens is 466 g/mol. The number of esters is 1. The van der Waals surface area contributed by atoms with E-state index in [9.17, 15) is 23.3 Å². The fraction of sp³-hybridized carbons (Fsp3) is 0.333. The lowest BCUT2D eigenvalue weighted by molar-refractivity contribution is -0.384. The van der Waals surface area contributed by atoms with Gasteiger partial charge < -0.3 is 19.7 Å². The summed E-state index contributed by atoms with van der Waals surface area (Å²) in [5, 5.41) is 23.0. The topological polar surface area (TPSA) is 157 Å². The van der Waals surface area contributed by atoms with Crippen LogP contribution in [-0.2, 0) is 27.9 Å². The number of imidazole rings is 1. The van der Waals surface area contributed by atoms with Crippen molar-refractivity contribution in [3.05, 3.63) is 57.9 Å². The maximum Gasteiger partial charge on any atom is 0.340 e. The van der Waals surface area contributed by atoms with Gasteiger partial charge in [-0.15, -0.1) is 0 Å². The molecule has 0 aliphatic rings. The summed E-state index contributed by atoms with van der Waals surface area (Å²) < 4.78 is 33.2. The summed E-state index contributed by atoms with van der Waals surface area (Å²) in [4.78, 5) is 27.8. The Morgan fingerprint density at radius 3 is 2.62 bits per heavy atom. The predicted octanol–water partition coefficient (Wildman–Crippen LogP) is 1.98. The van der Waals surface area contributed by atoms with Crippen LogP contribution in [0.25, 0.3) is 11.0 Å². The Hall–Kier alpha value is -3.55. The molecule has 3 rings (SSSR count).